The number of carbonyl (C=O) groups is 1. The summed E-state index contributed by atoms with van der Waals surface area (Å²) in [6.45, 7) is 15.2. The highest BCUT2D eigenvalue weighted by Gasteiger charge is 2.38. The molecule has 0 aromatic heterocycles. The molecule has 1 amide bonds. The van der Waals surface area contributed by atoms with Gasteiger partial charge in [0.15, 0.2) is 6.17 Å². The van der Waals surface area contributed by atoms with E-state index in [4.69, 9.17) is 4.74 Å². The summed E-state index contributed by atoms with van der Waals surface area (Å²) in [4.78, 5) is 12.5. The maximum atomic E-state index is 12.5. The number of rotatable bonds is 21. The standard InChI is InChI=1S/C27H54N2O2.C2H6O4S/c1-5-21-29(6-2)22-23-31-24-26(29)28-27(30)20-18-16-14-12-10-8-7-9-11-13-15-17-19-25(3)4;1-2-6-7(3,4)5/h25-26H,5-24H2,1-4H3;2H2,1H3,(H,3,4,5). The van der Waals surface area contributed by atoms with E-state index in [1.165, 1.54) is 84.0 Å². The summed E-state index contributed by atoms with van der Waals surface area (Å²) in [5.41, 5.74) is 0. The number of carbonyl (C=O) groups excluding carboxylic acids is 1. The Bertz CT molecular complexity index is 670. The molecule has 1 rings (SSSR count). The first kappa shape index (κ1) is 37.3. The zero-order chi connectivity index (χ0) is 28.7. The van der Waals surface area contributed by atoms with Gasteiger partial charge in [0, 0.05) is 6.42 Å². The molecule has 0 radical (unpaired) electrons. The molecule has 38 heavy (non-hydrogen) atoms. The second-order valence-corrected chi connectivity index (χ2v) is 12.2. The van der Waals surface area contributed by atoms with Crippen LogP contribution >= 0.6 is 0 Å². The number of unbranched alkanes of at least 4 members (excludes halogenated alkanes) is 11. The third kappa shape index (κ3) is 20.2. The lowest BCUT2D eigenvalue weighted by Crippen LogP contribution is -2.67. The molecule has 8 nitrogen and oxygen atoms in total. The van der Waals surface area contributed by atoms with E-state index in [2.05, 4.69) is 37.2 Å². The van der Waals surface area contributed by atoms with Crippen molar-refractivity contribution in [2.45, 2.75) is 137 Å². The largest absolute Gasteiger partial charge is 0.726 e. The minimum absolute atomic E-state index is 0.0914. The van der Waals surface area contributed by atoms with Gasteiger partial charge in [-0.25, -0.2) is 8.42 Å². The fraction of sp³-hybridized carbons (Fsp3) is 0.966. The predicted octanol–water partition coefficient (Wildman–Crippen LogP) is 6.31. The highest BCUT2D eigenvalue weighted by Crippen LogP contribution is 2.19. The SMILES string of the molecule is CCC[N+]1(CC)CCOCC1NC(=O)CCCCCCCCCCCCCCC(C)C.CCOS(=O)(=O)[O-]. The van der Waals surface area contributed by atoms with Gasteiger partial charge in [-0.05, 0) is 32.6 Å². The average molecular weight is 565 g/mol. The van der Waals surface area contributed by atoms with Crippen LogP contribution in [0, 0.1) is 5.92 Å². The fourth-order valence-corrected chi connectivity index (χ4v) is 5.48. The molecule has 2 atom stereocenters. The van der Waals surface area contributed by atoms with E-state index in [-0.39, 0.29) is 18.7 Å². The lowest BCUT2D eigenvalue weighted by Gasteiger charge is -2.46. The van der Waals surface area contributed by atoms with E-state index in [1.54, 1.807) is 0 Å². The van der Waals surface area contributed by atoms with E-state index < -0.39 is 10.4 Å². The molecule has 228 valence electrons. The van der Waals surface area contributed by atoms with E-state index >= 15 is 0 Å². The summed E-state index contributed by atoms with van der Waals surface area (Å²) in [5.74, 6) is 1.09. The van der Waals surface area contributed by atoms with Crippen molar-refractivity contribution in [2.75, 3.05) is 39.5 Å². The molecular formula is C29H60N2O6S. The Morgan fingerprint density at radius 1 is 0.947 bits per heavy atom. The average Bonchev–Trinajstić information content (AvgIpc) is 2.85. The molecule has 2 unspecified atom stereocenters. The quantitative estimate of drug-likeness (QED) is 0.0758. The summed E-state index contributed by atoms with van der Waals surface area (Å²) in [6.07, 6.45) is 19.5. The Balaban J connectivity index is 0.00000171. The van der Waals surface area contributed by atoms with Crippen LogP contribution < -0.4 is 5.32 Å². The van der Waals surface area contributed by atoms with Crippen LogP contribution in [0.2, 0.25) is 0 Å². The number of amides is 1. The number of nitrogens with zero attached hydrogens (tertiary/aromatic N) is 1. The predicted molar refractivity (Wildman–Crippen MR) is 154 cm³/mol. The summed E-state index contributed by atoms with van der Waals surface area (Å²) in [6, 6.07) is 0. The second-order valence-electron chi connectivity index (χ2n) is 11.1. The molecular weight excluding hydrogens is 504 g/mol. The first-order valence-electron chi connectivity index (χ1n) is 15.4. The van der Waals surface area contributed by atoms with Crippen LogP contribution in [0.15, 0.2) is 0 Å². The molecule has 1 aliphatic rings. The van der Waals surface area contributed by atoms with E-state index in [1.807, 2.05) is 0 Å². The molecule has 1 fully saturated rings. The third-order valence-electron chi connectivity index (χ3n) is 7.44. The van der Waals surface area contributed by atoms with Crippen LogP contribution in [0.1, 0.15) is 131 Å². The molecule has 1 heterocycles. The molecule has 1 N–H and O–H groups in total. The number of quaternary nitrogens is 1. The Labute approximate surface area is 235 Å². The first-order valence-corrected chi connectivity index (χ1v) is 16.8. The van der Waals surface area contributed by atoms with Crippen LogP contribution in [-0.2, 0) is 24.1 Å². The Morgan fingerprint density at radius 3 is 1.89 bits per heavy atom. The summed E-state index contributed by atoms with van der Waals surface area (Å²) in [5, 5.41) is 3.30. The number of hydrogen-bond donors (Lipinski definition) is 1. The molecule has 0 aromatic rings. The van der Waals surface area contributed by atoms with Gasteiger partial charge < -0.3 is 19.1 Å². The van der Waals surface area contributed by atoms with Crippen molar-refractivity contribution in [3.05, 3.63) is 0 Å². The topological polar surface area (TPSA) is 105 Å². The van der Waals surface area contributed by atoms with E-state index in [0.29, 0.717) is 13.0 Å². The molecule has 0 spiro atoms. The minimum atomic E-state index is -4.42. The van der Waals surface area contributed by atoms with Gasteiger partial charge in [-0.2, -0.15) is 0 Å². The van der Waals surface area contributed by atoms with Crippen molar-refractivity contribution in [1.29, 1.82) is 0 Å². The monoisotopic (exact) mass is 564 g/mol. The number of ether oxygens (including phenoxy) is 1. The maximum Gasteiger partial charge on any atom is 0.224 e. The highest BCUT2D eigenvalue weighted by molar-refractivity contribution is 7.80. The number of nitrogens with one attached hydrogen (secondary N) is 1. The normalized spacial score (nSPS) is 19.7. The van der Waals surface area contributed by atoms with Crippen LogP contribution in [0.4, 0.5) is 0 Å². The van der Waals surface area contributed by atoms with Crippen molar-refractivity contribution in [1.82, 2.24) is 5.32 Å². The van der Waals surface area contributed by atoms with Crippen LogP contribution in [-0.4, -0.2) is 69.0 Å². The van der Waals surface area contributed by atoms with Gasteiger partial charge in [0.2, 0.25) is 16.3 Å². The molecule has 0 aliphatic carbocycles. The molecule has 9 heteroatoms. The first-order chi connectivity index (χ1) is 18.1. The molecule has 1 saturated heterocycles. The number of hydrogen-bond acceptors (Lipinski definition) is 6. The summed E-state index contributed by atoms with van der Waals surface area (Å²) >= 11 is 0. The molecule has 1 aliphatic heterocycles. The lowest BCUT2D eigenvalue weighted by atomic mass is 10.0. The Hall–Kier alpha value is -0.740. The van der Waals surface area contributed by atoms with Crippen molar-refractivity contribution in [3.8, 4) is 0 Å². The number of likely N-dealkylation sites (N-methyl/N-ethyl adjacent to an activating group) is 1. The van der Waals surface area contributed by atoms with Crippen molar-refractivity contribution in [2.24, 2.45) is 5.92 Å². The van der Waals surface area contributed by atoms with Gasteiger partial charge in [0.1, 0.15) is 13.2 Å². The third-order valence-corrected chi connectivity index (χ3v) is 7.97. The lowest BCUT2D eigenvalue weighted by molar-refractivity contribution is -0.959. The van der Waals surface area contributed by atoms with Crippen molar-refractivity contribution >= 4 is 16.3 Å². The maximum absolute atomic E-state index is 12.5. The Morgan fingerprint density at radius 2 is 1.47 bits per heavy atom. The van der Waals surface area contributed by atoms with Gasteiger partial charge >= 0.3 is 0 Å². The van der Waals surface area contributed by atoms with Crippen molar-refractivity contribution in [3.63, 3.8) is 0 Å². The smallest absolute Gasteiger partial charge is 0.224 e. The van der Waals surface area contributed by atoms with E-state index in [0.717, 1.165) is 49.5 Å². The fourth-order valence-electron chi connectivity index (χ4n) is 5.19. The molecule has 0 bridgehead atoms. The van der Waals surface area contributed by atoms with Crippen LogP contribution in [0.5, 0.6) is 0 Å². The van der Waals surface area contributed by atoms with Gasteiger partial charge in [-0.1, -0.05) is 97.8 Å². The molecule has 0 saturated carbocycles. The van der Waals surface area contributed by atoms with Gasteiger partial charge in [-0.3, -0.25) is 8.98 Å². The van der Waals surface area contributed by atoms with Crippen molar-refractivity contribution < 1.29 is 31.2 Å². The minimum Gasteiger partial charge on any atom is -0.726 e. The van der Waals surface area contributed by atoms with Crippen LogP contribution in [0.3, 0.4) is 0 Å². The van der Waals surface area contributed by atoms with Gasteiger partial charge in [0.25, 0.3) is 0 Å². The van der Waals surface area contributed by atoms with E-state index in [9.17, 15) is 17.8 Å². The van der Waals surface area contributed by atoms with Crippen LogP contribution in [0.25, 0.3) is 0 Å². The zero-order valence-electron chi connectivity index (χ0n) is 25.3. The Kier molecular flexibility index (Phi) is 22.6. The van der Waals surface area contributed by atoms with Gasteiger partial charge in [-0.15, -0.1) is 0 Å². The van der Waals surface area contributed by atoms with Gasteiger partial charge in [0.05, 0.1) is 26.3 Å². The summed E-state index contributed by atoms with van der Waals surface area (Å²) in [7, 11) is -4.42. The summed E-state index contributed by atoms with van der Waals surface area (Å²) < 4.78 is 38.7. The molecule has 0 aromatic carbocycles. The zero-order valence-corrected chi connectivity index (χ0v) is 26.1. The second kappa shape index (κ2) is 23.0. The highest BCUT2D eigenvalue weighted by atomic mass is 32.3. The number of morpholine rings is 1.